The van der Waals surface area contributed by atoms with Crippen LogP contribution in [-0.2, 0) is 12.8 Å². The molecule has 1 aliphatic rings. The number of fused-ring (bicyclic) bond motifs is 1. The van der Waals surface area contributed by atoms with Gasteiger partial charge in [0, 0.05) is 18.0 Å². The molecule has 0 bridgehead atoms. The number of aromatic nitrogens is 4. The first kappa shape index (κ1) is 17.9. The van der Waals surface area contributed by atoms with E-state index in [-0.39, 0.29) is 11.5 Å². The highest BCUT2D eigenvalue weighted by molar-refractivity contribution is 9.10. The van der Waals surface area contributed by atoms with Crippen LogP contribution in [-0.4, -0.2) is 26.9 Å². The molecule has 2 heterocycles. The Morgan fingerprint density at radius 2 is 2.00 bits per heavy atom. The number of benzene rings is 1. The standard InChI is InChI=1S/C20H19BrN4O2/c1-12-3-5-16(27-2)8-18(12)13-4-6-17-14(7-13)9-24-25(19(17)26)20-22-10-15(21)11-23-20/h3,5,8-11,13H,4,6-7H2,1-2H3. The zero-order valence-corrected chi connectivity index (χ0v) is 16.7. The second kappa shape index (κ2) is 7.23. The highest BCUT2D eigenvalue weighted by Gasteiger charge is 2.25. The van der Waals surface area contributed by atoms with Crippen molar-refractivity contribution in [1.29, 1.82) is 0 Å². The van der Waals surface area contributed by atoms with Crippen LogP contribution in [0.5, 0.6) is 5.75 Å². The van der Waals surface area contributed by atoms with Crippen molar-refractivity contribution in [3.05, 3.63) is 73.9 Å². The molecule has 1 unspecified atom stereocenters. The molecule has 4 rings (SSSR count). The fraction of sp³-hybridized carbons (Fsp3) is 0.300. The Hall–Kier alpha value is -2.54. The molecule has 7 heteroatoms. The first-order valence-corrected chi connectivity index (χ1v) is 9.58. The number of hydrogen-bond donors (Lipinski definition) is 0. The van der Waals surface area contributed by atoms with E-state index in [2.05, 4.69) is 50.1 Å². The summed E-state index contributed by atoms with van der Waals surface area (Å²) < 4.78 is 7.42. The van der Waals surface area contributed by atoms with E-state index in [9.17, 15) is 4.79 Å². The summed E-state index contributed by atoms with van der Waals surface area (Å²) in [6.07, 6.45) is 7.43. The Morgan fingerprint density at radius 1 is 1.22 bits per heavy atom. The lowest BCUT2D eigenvalue weighted by atomic mass is 9.80. The van der Waals surface area contributed by atoms with Gasteiger partial charge >= 0.3 is 0 Å². The van der Waals surface area contributed by atoms with Crippen LogP contribution < -0.4 is 10.3 Å². The van der Waals surface area contributed by atoms with Crippen molar-refractivity contribution >= 4 is 15.9 Å². The van der Waals surface area contributed by atoms with Crippen LogP contribution in [0.2, 0.25) is 0 Å². The van der Waals surface area contributed by atoms with E-state index in [4.69, 9.17) is 4.74 Å². The first-order valence-electron chi connectivity index (χ1n) is 8.79. The summed E-state index contributed by atoms with van der Waals surface area (Å²) in [5.41, 5.74) is 4.21. The summed E-state index contributed by atoms with van der Waals surface area (Å²) >= 11 is 3.30. The van der Waals surface area contributed by atoms with Crippen molar-refractivity contribution in [2.75, 3.05) is 7.11 Å². The second-order valence-electron chi connectivity index (χ2n) is 6.73. The number of methoxy groups -OCH3 is 1. The Bertz CT molecular complexity index is 1050. The number of ether oxygens (including phenoxy) is 1. The molecule has 0 N–H and O–H groups in total. The molecular weight excluding hydrogens is 408 g/mol. The molecule has 0 radical (unpaired) electrons. The average molecular weight is 427 g/mol. The SMILES string of the molecule is COc1ccc(C)c(C2CCc3c(cnn(-c4ncc(Br)cn4)c3=O)C2)c1. The molecule has 138 valence electrons. The molecule has 6 nitrogen and oxygen atoms in total. The van der Waals surface area contributed by atoms with Gasteiger partial charge in [0.2, 0.25) is 0 Å². The minimum absolute atomic E-state index is 0.129. The summed E-state index contributed by atoms with van der Waals surface area (Å²) in [4.78, 5) is 21.3. The Kier molecular flexibility index (Phi) is 4.78. The van der Waals surface area contributed by atoms with Crippen molar-refractivity contribution < 1.29 is 4.74 Å². The summed E-state index contributed by atoms with van der Waals surface area (Å²) in [7, 11) is 1.68. The van der Waals surface area contributed by atoms with Crippen molar-refractivity contribution in [1.82, 2.24) is 19.7 Å². The lowest BCUT2D eigenvalue weighted by Crippen LogP contribution is -2.30. The molecule has 27 heavy (non-hydrogen) atoms. The van der Waals surface area contributed by atoms with E-state index in [1.54, 1.807) is 25.7 Å². The predicted octanol–water partition coefficient (Wildman–Crippen LogP) is 3.37. The van der Waals surface area contributed by atoms with Crippen LogP contribution in [0.25, 0.3) is 5.95 Å². The van der Waals surface area contributed by atoms with Crippen molar-refractivity contribution in [3.63, 3.8) is 0 Å². The summed E-state index contributed by atoms with van der Waals surface area (Å²) in [5, 5.41) is 4.31. The van der Waals surface area contributed by atoms with Crippen LogP contribution >= 0.6 is 15.9 Å². The molecule has 0 spiro atoms. The summed E-state index contributed by atoms with van der Waals surface area (Å²) in [6.45, 7) is 2.12. The fourth-order valence-electron chi connectivity index (χ4n) is 3.66. The maximum absolute atomic E-state index is 12.9. The fourth-order valence-corrected chi connectivity index (χ4v) is 3.87. The molecule has 0 saturated carbocycles. The van der Waals surface area contributed by atoms with Crippen molar-refractivity contribution in [3.8, 4) is 11.7 Å². The molecule has 1 aliphatic carbocycles. The smallest absolute Gasteiger partial charge is 0.277 e. The van der Waals surface area contributed by atoms with Crippen LogP contribution in [0.1, 0.15) is 34.6 Å². The Balaban J connectivity index is 1.68. The van der Waals surface area contributed by atoms with Gasteiger partial charge in [0.15, 0.2) is 0 Å². The monoisotopic (exact) mass is 426 g/mol. The van der Waals surface area contributed by atoms with Crippen LogP contribution in [0.4, 0.5) is 0 Å². The van der Waals surface area contributed by atoms with Gasteiger partial charge in [-0.2, -0.15) is 9.78 Å². The zero-order valence-electron chi connectivity index (χ0n) is 15.1. The van der Waals surface area contributed by atoms with E-state index in [0.717, 1.165) is 34.2 Å². The number of rotatable bonds is 3. The second-order valence-corrected chi connectivity index (χ2v) is 7.64. The number of nitrogens with zero attached hydrogens (tertiary/aromatic N) is 4. The number of aryl methyl sites for hydroxylation is 1. The topological polar surface area (TPSA) is 69.9 Å². The number of halogens is 1. The molecular formula is C20H19BrN4O2. The van der Waals surface area contributed by atoms with Gasteiger partial charge in [-0.1, -0.05) is 6.07 Å². The number of hydrogen-bond acceptors (Lipinski definition) is 5. The van der Waals surface area contributed by atoms with Gasteiger partial charge in [0.1, 0.15) is 5.75 Å². The first-order chi connectivity index (χ1) is 13.1. The van der Waals surface area contributed by atoms with Crippen molar-refractivity contribution in [2.24, 2.45) is 0 Å². The largest absolute Gasteiger partial charge is 0.497 e. The maximum atomic E-state index is 12.9. The molecule has 0 amide bonds. The average Bonchev–Trinajstić information content (AvgIpc) is 2.69. The third kappa shape index (κ3) is 3.39. The van der Waals surface area contributed by atoms with E-state index in [1.165, 1.54) is 15.8 Å². The van der Waals surface area contributed by atoms with Crippen LogP contribution in [0, 0.1) is 6.92 Å². The highest BCUT2D eigenvalue weighted by Crippen LogP contribution is 2.34. The van der Waals surface area contributed by atoms with Crippen molar-refractivity contribution in [2.45, 2.75) is 32.1 Å². The predicted molar refractivity (Wildman–Crippen MR) is 106 cm³/mol. The minimum atomic E-state index is -0.129. The van der Waals surface area contributed by atoms with E-state index in [0.29, 0.717) is 12.3 Å². The van der Waals surface area contributed by atoms with Gasteiger partial charge in [-0.3, -0.25) is 4.79 Å². The molecule has 1 atom stereocenters. The zero-order chi connectivity index (χ0) is 19.0. The normalized spacial score (nSPS) is 16.0. The van der Waals surface area contributed by atoms with Gasteiger partial charge < -0.3 is 4.74 Å². The lowest BCUT2D eigenvalue weighted by Gasteiger charge is -2.26. The van der Waals surface area contributed by atoms with Gasteiger partial charge in [0.05, 0.1) is 17.8 Å². The quantitative estimate of drug-likeness (QED) is 0.641. The lowest BCUT2D eigenvalue weighted by molar-refractivity contribution is 0.413. The molecule has 2 aromatic heterocycles. The summed E-state index contributed by atoms with van der Waals surface area (Å²) in [6, 6.07) is 6.17. The highest BCUT2D eigenvalue weighted by atomic mass is 79.9. The van der Waals surface area contributed by atoms with E-state index < -0.39 is 0 Å². The van der Waals surface area contributed by atoms with Gasteiger partial charge in [0.25, 0.3) is 11.5 Å². The third-order valence-corrected chi connectivity index (χ3v) is 5.51. The van der Waals surface area contributed by atoms with E-state index >= 15 is 0 Å². The Morgan fingerprint density at radius 3 is 2.74 bits per heavy atom. The van der Waals surface area contributed by atoms with Crippen LogP contribution in [0.15, 0.2) is 46.1 Å². The van der Waals surface area contributed by atoms with E-state index in [1.807, 2.05) is 6.07 Å². The maximum Gasteiger partial charge on any atom is 0.277 e. The molecule has 1 aromatic carbocycles. The van der Waals surface area contributed by atoms with Gasteiger partial charge in [-0.15, -0.1) is 0 Å². The molecule has 0 fully saturated rings. The molecule has 0 saturated heterocycles. The van der Waals surface area contributed by atoms with Crippen LogP contribution in [0.3, 0.4) is 0 Å². The molecule has 3 aromatic rings. The molecule has 0 aliphatic heterocycles. The summed E-state index contributed by atoms with van der Waals surface area (Å²) in [5.74, 6) is 1.51. The van der Waals surface area contributed by atoms with Gasteiger partial charge in [-0.05, 0) is 76.9 Å². The van der Waals surface area contributed by atoms with Gasteiger partial charge in [-0.25, -0.2) is 9.97 Å². The Labute approximate surface area is 165 Å². The minimum Gasteiger partial charge on any atom is -0.497 e. The third-order valence-electron chi connectivity index (χ3n) is 5.10.